The molecule has 0 radical (unpaired) electrons. The third-order valence-electron chi connectivity index (χ3n) is 4.13. The maximum Gasteiger partial charge on any atom is 0.257 e. The molecule has 0 unspecified atom stereocenters. The second kappa shape index (κ2) is 8.80. The molecule has 24 heavy (non-hydrogen) atoms. The molecule has 6 nitrogen and oxygen atoms in total. The zero-order valence-corrected chi connectivity index (χ0v) is 14.7. The molecule has 1 fully saturated rings. The van der Waals surface area contributed by atoms with Gasteiger partial charge in [0, 0.05) is 30.7 Å². The Morgan fingerprint density at radius 2 is 1.83 bits per heavy atom. The Kier molecular flexibility index (Phi) is 6.75. The van der Waals surface area contributed by atoms with E-state index in [2.05, 4.69) is 29.4 Å². The van der Waals surface area contributed by atoms with E-state index in [1.807, 2.05) is 0 Å². The Hall–Kier alpha value is -1.92. The lowest BCUT2D eigenvalue weighted by molar-refractivity contribution is -0.121. The van der Waals surface area contributed by atoms with Crippen LogP contribution in [-0.4, -0.2) is 55.5 Å². The third-order valence-corrected chi connectivity index (χ3v) is 4.13. The Labute approximate surface area is 143 Å². The predicted octanol–water partition coefficient (Wildman–Crippen LogP) is 1.41. The Morgan fingerprint density at radius 1 is 1.21 bits per heavy atom. The number of imide groups is 1. The second-order valence-electron chi connectivity index (χ2n) is 6.48. The molecular formula is C18H27N3O3. The first kappa shape index (κ1) is 18.4. The number of nitrogens with zero attached hydrogens (tertiary/aromatic N) is 1. The van der Waals surface area contributed by atoms with E-state index in [9.17, 15) is 9.59 Å². The number of carbonyl (C=O) groups is 2. The number of hydrogen-bond donors (Lipinski definition) is 2. The summed E-state index contributed by atoms with van der Waals surface area (Å²) in [7, 11) is 1.57. The van der Waals surface area contributed by atoms with Crippen LogP contribution in [0.1, 0.15) is 37.0 Å². The average Bonchev–Trinajstić information content (AvgIpc) is 2.56. The van der Waals surface area contributed by atoms with Crippen molar-refractivity contribution in [2.75, 3.05) is 26.7 Å². The van der Waals surface area contributed by atoms with Gasteiger partial charge in [-0.3, -0.25) is 19.8 Å². The van der Waals surface area contributed by atoms with Crippen molar-refractivity contribution >= 4 is 11.8 Å². The zero-order valence-electron chi connectivity index (χ0n) is 14.7. The van der Waals surface area contributed by atoms with Crippen molar-refractivity contribution in [3.63, 3.8) is 0 Å². The summed E-state index contributed by atoms with van der Waals surface area (Å²) >= 11 is 0. The second-order valence-corrected chi connectivity index (χ2v) is 6.48. The number of rotatable bonds is 6. The quantitative estimate of drug-likeness (QED) is 0.824. The van der Waals surface area contributed by atoms with Gasteiger partial charge in [-0.05, 0) is 37.1 Å². The molecule has 2 amide bonds. The summed E-state index contributed by atoms with van der Waals surface area (Å²) in [6.45, 7) is 6.29. The number of piperidine rings is 1. The number of benzene rings is 1. The number of methoxy groups -OCH3 is 1. The lowest BCUT2D eigenvalue weighted by Crippen LogP contribution is -2.48. The number of ether oxygens (including phenoxy) is 1. The lowest BCUT2D eigenvalue weighted by Gasteiger charge is -2.32. The largest absolute Gasteiger partial charge is 0.497 e. The van der Waals surface area contributed by atoms with E-state index < -0.39 is 0 Å². The van der Waals surface area contributed by atoms with E-state index in [0.717, 1.165) is 25.9 Å². The fraction of sp³-hybridized carbons (Fsp3) is 0.556. The number of nitrogens with one attached hydrogen (secondary N) is 2. The van der Waals surface area contributed by atoms with Crippen LogP contribution in [0.15, 0.2) is 24.3 Å². The number of likely N-dealkylation sites (tertiary alicyclic amines) is 1. The molecule has 1 aliphatic heterocycles. The standard InChI is InChI=1S/C18H27N3O3/c1-13(2)19-15-8-10-21(11-9-15)12-17(22)20-18(23)14-4-6-16(24-3)7-5-14/h4-7,13,15,19H,8-12H2,1-3H3,(H,20,22,23). The van der Waals surface area contributed by atoms with Gasteiger partial charge in [0.25, 0.3) is 5.91 Å². The topological polar surface area (TPSA) is 70.7 Å². The minimum absolute atomic E-state index is 0.258. The van der Waals surface area contributed by atoms with Gasteiger partial charge in [0.1, 0.15) is 5.75 Å². The van der Waals surface area contributed by atoms with Gasteiger partial charge >= 0.3 is 0 Å². The molecule has 2 rings (SSSR count). The van der Waals surface area contributed by atoms with Crippen LogP contribution < -0.4 is 15.4 Å². The first-order valence-electron chi connectivity index (χ1n) is 8.44. The molecule has 1 aromatic rings. The lowest BCUT2D eigenvalue weighted by atomic mass is 10.0. The van der Waals surface area contributed by atoms with E-state index in [-0.39, 0.29) is 18.4 Å². The molecule has 0 aromatic heterocycles. The van der Waals surface area contributed by atoms with Crippen LogP contribution in [0.5, 0.6) is 5.75 Å². The highest BCUT2D eigenvalue weighted by molar-refractivity contribution is 6.05. The zero-order chi connectivity index (χ0) is 17.5. The molecule has 0 aliphatic carbocycles. The highest BCUT2D eigenvalue weighted by Gasteiger charge is 2.21. The normalized spacial score (nSPS) is 16.2. The summed E-state index contributed by atoms with van der Waals surface area (Å²) in [4.78, 5) is 26.2. The molecule has 1 aliphatic rings. The van der Waals surface area contributed by atoms with Crippen LogP contribution in [0.3, 0.4) is 0 Å². The minimum atomic E-state index is -0.376. The number of hydrogen-bond acceptors (Lipinski definition) is 5. The number of amides is 2. The molecule has 0 spiro atoms. The molecule has 0 atom stereocenters. The van der Waals surface area contributed by atoms with Gasteiger partial charge in [-0.15, -0.1) is 0 Å². The summed E-state index contributed by atoms with van der Waals surface area (Å²) in [5.74, 6) is 0.0425. The van der Waals surface area contributed by atoms with Gasteiger partial charge in [-0.2, -0.15) is 0 Å². The van der Waals surface area contributed by atoms with Crippen LogP contribution in [0.2, 0.25) is 0 Å². The fourth-order valence-electron chi connectivity index (χ4n) is 2.91. The maximum absolute atomic E-state index is 12.1. The smallest absolute Gasteiger partial charge is 0.257 e. The summed E-state index contributed by atoms with van der Waals surface area (Å²) in [6.07, 6.45) is 2.05. The van der Waals surface area contributed by atoms with Gasteiger partial charge in [-0.25, -0.2) is 0 Å². The summed E-state index contributed by atoms with van der Waals surface area (Å²) in [5.41, 5.74) is 0.448. The third kappa shape index (κ3) is 5.62. The first-order chi connectivity index (χ1) is 11.5. The molecule has 132 valence electrons. The van der Waals surface area contributed by atoms with Crippen LogP contribution in [-0.2, 0) is 4.79 Å². The SMILES string of the molecule is COc1ccc(C(=O)NC(=O)CN2CCC(NC(C)C)CC2)cc1. The summed E-state index contributed by atoms with van der Waals surface area (Å²) in [6, 6.07) is 7.68. The summed E-state index contributed by atoms with van der Waals surface area (Å²) < 4.78 is 5.05. The first-order valence-corrected chi connectivity index (χ1v) is 8.44. The van der Waals surface area contributed by atoms with E-state index in [0.29, 0.717) is 23.4 Å². The van der Waals surface area contributed by atoms with Crippen LogP contribution in [0, 0.1) is 0 Å². The molecule has 6 heteroatoms. The highest BCUT2D eigenvalue weighted by Crippen LogP contribution is 2.12. The molecule has 2 N–H and O–H groups in total. The van der Waals surface area contributed by atoms with Crippen LogP contribution >= 0.6 is 0 Å². The molecule has 1 saturated heterocycles. The molecular weight excluding hydrogens is 306 g/mol. The van der Waals surface area contributed by atoms with Gasteiger partial charge in [0.15, 0.2) is 0 Å². The van der Waals surface area contributed by atoms with Crippen molar-refractivity contribution in [2.45, 2.75) is 38.8 Å². The Balaban J connectivity index is 1.75. The summed E-state index contributed by atoms with van der Waals surface area (Å²) in [5, 5.41) is 5.98. The van der Waals surface area contributed by atoms with Crippen LogP contribution in [0.4, 0.5) is 0 Å². The van der Waals surface area contributed by atoms with E-state index in [4.69, 9.17) is 4.74 Å². The van der Waals surface area contributed by atoms with E-state index >= 15 is 0 Å². The Morgan fingerprint density at radius 3 is 2.38 bits per heavy atom. The van der Waals surface area contributed by atoms with Gasteiger partial charge in [-0.1, -0.05) is 13.8 Å². The van der Waals surface area contributed by atoms with Crippen molar-refractivity contribution in [1.82, 2.24) is 15.5 Å². The average molecular weight is 333 g/mol. The van der Waals surface area contributed by atoms with Crippen molar-refractivity contribution in [2.24, 2.45) is 0 Å². The van der Waals surface area contributed by atoms with Gasteiger partial charge < -0.3 is 10.1 Å². The Bertz CT molecular complexity index is 549. The van der Waals surface area contributed by atoms with Crippen molar-refractivity contribution in [3.05, 3.63) is 29.8 Å². The number of carbonyl (C=O) groups excluding carboxylic acids is 2. The molecule has 0 saturated carbocycles. The van der Waals surface area contributed by atoms with Crippen molar-refractivity contribution < 1.29 is 14.3 Å². The predicted molar refractivity (Wildman–Crippen MR) is 93.2 cm³/mol. The van der Waals surface area contributed by atoms with Crippen molar-refractivity contribution in [3.8, 4) is 5.75 Å². The van der Waals surface area contributed by atoms with Gasteiger partial charge in [0.05, 0.1) is 13.7 Å². The van der Waals surface area contributed by atoms with Crippen LogP contribution in [0.25, 0.3) is 0 Å². The highest BCUT2D eigenvalue weighted by atomic mass is 16.5. The van der Waals surface area contributed by atoms with Gasteiger partial charge in [0.2, 0.25) is 5.91 Å². The molecule has 1 heterocycles. The van der Waals surface area contributed by atoms with Crippen molar-refractivity contribution in [1.29, 1.82) is 0 Å². The molecule has 0 bridgehead atoms. The maximum atomic E-state index is 12.1. The fourth-order valence-corrected chi connectivity index (χ4v) is 2.91. The molecule has 1 aromatic carbocycles. The monoisotopic (exact) mass is 333 g/mol. The minimum Gasteiger partial charge on any atom is -0.497 e. The van der Waals surface area contributed by atoms with E-state index in [1.54, 1.807) is 31.4 Å². The van der Waals surface area contributed by atoms with E-state index in [1.165, 1.54) is 0 Å².